The second kappa shape index (κ2) is 11.8. The van der Waals surface area contributed by atoms with Gasteiger partial charge in [0, 0.05) is 10.2 Å². The van der Waals surface area contributed by atoms with Gasteiger partial charge in [-0.3, -0.25) is 9.59 Å². The largest absolute Gasteiger partial charge is 0.497 e. The van der Waals surface area contributed by atoms with Crippen molar-refractivity contribution >= 4 is 45.5 Å². The molecule has 0 aliphatic rings. The van der Waals surface area contributed by atoms with Crippen LogP contribution < -0.4 is 15.4 Å². The number of benzene rings is 3. The monoisotopic (exact) mass is 522 g/mol. The molecule has 8 heteroatoms. The molecule has 2 N–H and O–H groups in total. The molecule has 0 aliphatic heterocycles. The molecule has 2 amide bonds. The van der Waals surface area contributed by atoms with Crippen molar-refractivity contribution in [2.45, 2.75) is 6.92 Å². The van der Waals surface area contributed by atoms with Crippen molar-refractivity contribution in [2.75, 3.05) is 19.0 Å². The van der Waals surface area contributed by atoms with Gasteiger partial charge < -0.3 is 20.1 Å². The van der Waals surface area contributed by atoms with E-state index in [0.29, 0.717) is 32.6 Å². The average molecular weight is 523 g/mol. The van der Waals surface area contributed by atoms with Crippen LogP contribution in [-0.2, 0) is 9.53 Å². The number of hydrogen-bond acceptors (Lipinski definition) is 5. The minimum atomic E-state index is -0.528. The minimum absolute atomic E-state index is 0.0420. The molecule has 0 spiro atoms. The van der Waals surface area contributed by atoms with E-state index in [1.54, 1.807) is 92.9 Å². The Morgan fingerprint density at radius 1 is 0.941 bits per heavy atom. The van der Waals surface area contributed by atoms with Gasteiger partial charge in [-0.25, -0.2) is 4.79 Å². The van der Waals surface area contributed by atoms with Crippen LogP contribution in [0.4, 0.5) is 5.69 Å². The maximum atomic E-state index is 13.1. The number of esters is 1. The summed E-state index contributed by atoms with van der Waals surface area (Å²) in [7, 11) is 1.56. The molecule has 7 nitrogen and oxygen atoms in total. The quantitative estimate of drug-likeness (QED) is 0.319. The topological polar surface area (TPSA) is 93.7 Å². The predicted molar refractivity (Wildman–Crippen MR) is 134 cm³/mol. The van der Waals surface area contributed by atoms with Gasteiger partial charge in [0.15, 0.2) is 0 Å². The van der Waals surface area contributed by atoms with Gasteiger partial charge in [-0.15, -0.1) is 0 Å². The van der Waals surface area contributed by atoms with Crippen LogP contribution in [0.5, 0.6) is 5.75 Å². The predicted octanol–water partition coefficient (Wildman–Crippen LogP) is 5.04. The Balaban J connectivity index is 1.85. The molecule has 0 bridgehead atoms. The van der Waals surface area contributed by atoms with E-state index >= 15 is 0 Å². The van der Waals surface area contributed by atoms with Gasteiger partial charge in [0.25, 0.3) is 11.8 Å². The van der Waals surface area contributed by atoms with Crippen molar-refractivity contribution < 1.29 is 23.9 Å². The third-order valence-electron chi connectivity index (χ3n) is 4.69. The SMILES string of the molecule is CCOC(=O)c1ccc(NC(=O)/C(=C/c2ccc(OC)cc2)NC(=O)c2ccccc2Br)cc1. The number of anilines is 1. The normalized spacial score (nSPS) is 10.9. The van der Waals surface area contributed by atoms with E-state index < -0.39 is 17.8 Å². The van der Waals surface area contributed by atoms with E-state index in [2.05, 4.69) is 26.6 Å². The third-order valence-corrected chi connectivity index (χ3v) is 5.38. The fourth-order valence-corrected chi connectivity index (χ4v) is 3.43. The molecule has 0 aromatic heterocycles. The van der Waals surface area contributed by atoms with Crippen LogP contribution in [0.15, 0.2) is 83.0 Å². The zero-order valence-electron chi connectivity index (χ0n) is 18.6. The Kier molecular flexibility index (Phi) is 8.59. The highest BCUT2D eigenvalue weighted by Crippen LogP contribution is 2.18. The van der Waals surface area contributed by atoms with Gasteiger partial charge in [0.1, 0.15) is 11.4 Å². The molecule has 0 fully saturated rings. The Morgan fingerprint density at radius 2 is 1.62 bits per heavy atom. The van der Waals surface area contributed by atoms with Gasteiger partial charge in [0.05, 0.1) is 24.8 Å². The number of amides is 2. The van der Waals surface area contributed by atoms with Crippen LogP contribution >= 0.6 is 15.9 Å². The molecule has 3 aromatic carbocycles. The van der Waals surface area contributed by atoms with E-state index in [9.17, 15) is 14.4 Å². The lowest BCUT2D eigenvalue weighted by Crippen LogP contribution is -2.31. The Bertz CT molecular complexity index is 1200. The first kappa shape index (κ1) is 24.7. The summed E-state index contributed by atoms with van der Waals surface area (Å²) in [6, 6.07) is 20.3. The Labute approximate surface area is 205 Å². The van der Waals surface area contributed by atoms with Crippen LogP contribution in [0.2, 0.25) is 0 Å². The van der Waals surface area contributed by atoms with E-state index in [0.717, 1.165) is 0 Å². The first-order valence-corrected chi connectivity index (χ1v) is 11.2. The zero-order chi connectivity index (χ0) is 24.5. The van der Waals surface area contributed by atoms with Crippen LogP contribution in [0.1, 0.15) is 33.2 Å². The summed E-state index contributed by atoms with van der Waals surface area (Å²) < 4.78 is 10.7. The number of carbonyl (C=O) groups is 3. The molecule has 0 saturated carbocycles. The number of halogens is 1. The molecule has 34 heavy (non-hydrogen) atoms. The van der Waals surface area contributed by atoms with Crippen molar-refractivity contribution in [3.8, 4) is 5.75 Å². The standard InChI is InChI=1S/C26H23BrN2O5/c1-3-34-26(32)18-10-12-19(13-11-18)28-25(31)23(16-17-8-14-20(33-2)15-9-17)29-24(30)21-6-4-5-7-22(21)27/h4-16H,3H2,1-2H3,(H,28,31)(H,29,30)/b23-16-. The van der Waals surface area contributed by atoms with Gasteiger partial charge in [-0.05, 0) is 83.0 Å². The molecular weight excluding hydrogens is 500 g/mol. The summed E-state index contributed by atoms with van der Waals surface area (Å²) in [5.74, 6) is -0.747. The highest BCUT2D eigenvalue weighted by molar-refractivity contribution is 9.10. The van der Waals surface area contributed by atoms with Gasteiger partial charge in [-0.1, -0.05) is 24.3 Å². The summed E-state index contributed by atoms with van der Waals surface area (Å²) in [5.41, 5.74) is 1.94. The van der Waals surface area contributed by atoms with Crippen LogP contribution in [0.25, 0.3) is 6.08 Å². The van der Waals surface area contributed by atoms with Crippen molar-refractivity contribution in [2.24, 2.45) is 0 Å². The number of hydrogen-bond donors (Lipinski definition) is 2. The molecule has 0 radical (unpaired) electrons. The molecule has 0 unspecified atom stereocenters. The van der Waals surface area contributed by atoms with Gasteiger partial charge in [-0.2, -0.15) is 0 Å². The number of ether oxygens (including phenoxy) is 2. The molecule has 0 atom stereocenters. The van der Waals surface area contributed by atoms with Crippen molar-refractivity contribution in [3.63, 3.8) is 0 Å². The maximum absolute atomic E-state index is 13.1. The average Bonchev–Trinajstić information content (AvgIpc) is 2.85. The first-order chi connectivity index (χ1) is 16.4. The molecular formula is C26H23BrN2O5. The number of nitrogens with one attached hydrogen (secondary N) is 2. The van der Waals surface area contributed by atoms with E-state index in [1.807, 2.05) is 0 Å². The summed E-state index contributed by atoms with van der Waals surface area (Å²) in [6.07, 6.45) is 1.57. The molecule has 0 heterocycles. The Hall–Kier alpha value is -3.91. The van der Waals surface area contributed by atoms with Crippen LogP contribution in [0.3, 0.4) is 0 Å². The van der Waals surface area contributed by atoms with Crippen molar-refractivity contribution in [1.29, 1.82) is 0 Å². The zero-order valence-corrected chi connectivity index (χ0v) is 20.2. The second-order valence-electron chi connectivity index (χ2n) is 7.02. The van der Waals surface area contributed by atoms with Gasteiger partial charge >= 0.3 is 5.97 Å². The lowest BCUT2D eigenvalue weighted by atomic mass is 10.1. The van der Waals surface area contributed by atoms with E-state index in [4.69, 9.17) is 9.47 Å². The summed E-state index contributed by atoms with van der Waals surface area (Å²) in [6.45, 7) is 2.00. The van der Waals surface area contributed by atoms with Crippen molar-refractivity contribution in [3.05, 3.63) is 99.7 Å². The van der Waals surface area contributed by atoms with E-state index in [-0.39, 0.29) is 12.3 Å². The lowest BCUT2D eigenvalue weighted by Gasteiger charge is -2.12. The summed E-state index contributed by atoms with van der Waals surface area (Å²) in [5, 5.41) is 5.44. The number of methoxy groups -OCH3 is 1. The molecule has 174 valence electrons. The molecule has 3 aromatic rings. The Morgan fingerprint density at radius 3 is 2.24 bits per heavy atom. The number of rotatable bonds is 8. The fraction of sp³-hybridized carbons (Fsp3) is 0.115. The minimum Gasteiger partial charge on any atom is -0.497 e. The highest BCUT2D eigenvalue weighted by Gasteiger charge is 2.17. The lowest BCUT2D eigenvalue weighted by molar-refractivity contribution is -0.113. The fourth-order valence-electron chi connectivity index (χ4n) is 2.96. The summed E-state index contributed by atoms with van der Waals surface area (Å²) >= 11 is 3.36. The van der Waals surface area contributed by atoms with Crippen LogP contribution in [-0.4, -0.2) is 31.5 Å². The molecule has 3 rings (SSSR count). The smallest absolute Gasteiger partial charge is 0.338 e. The molecule has 0 aliphatic carbocycles. The second-order valence-corrected chi connectivity index (χ2v) is 7.87. The first-order valence-electron chi connectivity index (χ1n) is 10.4. The summed E-state index contributed by atoms with van der Waals surface area (Å²) in [4.78, 5) is 37.8. The van der Waals surface area contributed by atoms with Crippen molar-refractivity contribution in [1.82, 2.24) is 5.32 Å². The van der Waals surface area contributed by atoms with Gasteiger partial charge in [0.2, 0.25) is 0 Å². The molecule has 0 saturated heterocycles. The third kappa shape index (κ3) is 6.55. The highest BCUT2D eigenvalue weighted by atomic mass is 79.9. The number of carbonyl (C=O) groups excluding carboxylic acids is 3. The van der Waals surface area contributed by atoms with E-state index in [1.165, 1.54) is 0 Å². The van der Waals surface area contributed by atoms with Crippen LogP contribution in [0, 0.1) is 0 Å². The maximum Gasteiger partial charge on any atom is 0.338 e.